The molecule has 0 saturated heterocycles. The van der Waals surface area contributed by atoms with Gasteiger partial charge in [0.15, 0.2) is 17.4 Å². The fourth-order valence-electron chi connectivity index (χ4n) is 2.59. The molecule has 3 rings (SSSR count). The molecule has 0 aliphatic rings. The lowest BCUT2D eigenvalue weighted by molar-refractivity contribution is -0.275. The maximum absolute atomic E-state index is 14.1. The van der Waals surface area contributed by atoms with Crippen molar-refractivity contribution in [2.24, 2.45) is 0 Å². The molecule has 2 aromatic heterocycles. The third kappa shape index (κ3) is 5.86. The van der Waals surface area contributed by atoms with Crippen LogP contribution >= 0.6 is 11.3 Å². The fourth-order valence-corrected chi connectivity index (χ4v) is 3.12. The van der Waals surface area contributed by atoms with Gasteiger partial charge in [-0.1, -0.05) is 6.07 Å². The summed E-state index contributed by atoms with van der Waals surface area (Å²) in [6, 6.07) is 2.75. The van der Waals surface area contributed by atoms with Gasteiger partial charge in [-0.25, -0.2) is 14.4 Å². The van der Waals surface area contributed by atoms with Gasteiger partial charge in [0.05, 0.1) is 18.2 Å². The molecule has 0 radical (unpaired) electrons. The van der Waals surface area contributed by atoms with Gasteiger partial charge in [-0.05, 0) is 17.7 Å². The zero-order valence-electron chi connectivity index (χ0n) is 15.7. The summed E-state index contributed by atoms with van der Waals surface area (Å²) in [5.41, 5.74) is 1.19. The molecule has 1 aromatic carbocycles. The van der Waals surface area contributed by atoms with Gasteiger partial charge < -0.3 is 19.8 Å². The van der Waals surface area contributed by atoms with Crippen molar-refractivity contribution in [2.75, 3.05) is 13.7 Å². The molecule has 1 amide bonds. The first-order valence-electron chi connectivity index (χ1n) is 8.51. The van der Waals surface area contributed by atoms with Crippen LogP contribution in [0.3, 0.4) is 0 Å². The number of hydrogen-bond acceptors (Lipinski definition) is 7. The average Bonchev–Trinajstić information content (AvgIpc) is 3.22. The molecule has 2 N–H and O–H groups in total. The lowest BCUT2D eigenvalue weighted by Crippen LogP contribution is -2.33. The first kappa shape index (κ1) is 22.4. The molecule has 0 unspecified atom stereocenters. The minimum atomic E-state index is -5.05. The van der Waals surface area contributed by atoms with Gasteiger partial charge in [0, 0.05) is 18.6 Å². The molecular formula is C18H14F4N4O4S. The number of alkyl halides is 3. The van der Waals surface area contributed by atoms with Crippen molar-refractivity contribution in [2.45, 2.75) is 12.4 Å². The summed E-state index contributed by atoms with van der Waals surface area (Å²) >= 11 is 1.27. The van der Waals surface area contributed by atoms with E-state index in [1.807, 2.05) is 0 Å². The number of H-pyrrole nitrogens is 1. The largest absolute Gasteiger partial charge is 0.573 e. The zero-order valence-corrected chi connectivity index (χ0v) is 16.5. The van der Waals surface area contributed by atoms with Crippen LogP contribution in [0.5, 0.6) is 5.75 Å². The van der Waals surface area contributed by atoms with E-state index in [9.17, 15) is 27.2 Å². The minimum absolute atomic E-state index is 0.0851. The van der Waals surface area contributed by atoms with Crippen LogP contribution in [0.25, 0.3) is 11.5 Å². The SMILES string of the molecule is COC[C@@H](NC(=O)c1cc(=O)[nH]c(-c2cscn2)n1)c1ccc(OC(F)(F)F)c(F)c1. The number of aromatic nitrogens is 3. The fraction of sp³-hybridized carbons (Fsp3) is 0.222. The second-order valence-electron chi connectivity index (χ2n) is 6.07. The number of nitrogens with one attached hydrogen (secondary N) is 2. The quantitative estimate of drug-likeness (QED) is 0.528. The number of amides is 1. The van der Waals surface area contributed by atoms with Gasteiger partial charge in [-0.3, -0.25) is 9.59 Å². The molecule has 164 valence electrons. The van der Waals surface area contributed by atoms with Crippen molar-refractivity contribution in [1.82, 2.24) is 20.3 Å². The molecule has 8 nitrogen and oxygen atoms in total. The van der Waals surface area contributed by atoms with Crippen molar-refractivity contribution in [1.29, 1.82) is 0 Å². The van der Waals surface area contributed by atoms with E-state index < -0.39 is 35.4 Å². The van der Waals surface area contributed by atoms with Crippen molar-refractivity contribution < 1.29 is 31.8 Å². The van der Waals surface area contributed by atoms with Crippen molar-refractivity contribution in [3.8, 4) is 17.3 Å². The third-order valence-electron chi connectivity index (χ3n) is 3.87. The summed E-state index contributed by atoms with van der Waals surface area (Å²) in [7, 11) is 1.32. The van der Waals surface area contributed by atoms with Crippen LogP contribution in [-0.4, -0.2) is 40.9 Å². The minimum Gasteiger partial charge on any atom is -0.403 e. The van der Waals surface area contributed by atoms with Gasteiger partial charge in [-0.15, -0.1) is 24.5 Å². The topological polar surface area (TPSA) is 106 Å². The van der Waals surface area contributed by atoms with Crippen LogP contribution in [-0.2, 0) is 4.74 Å². The molecule has 0 aliphatic heterocycles. The van der Waals surface area contributed by atoms with Gasteiger partial charge >= 0.3 is 6.36 Å². The van der Waals surface area contributed by atoms with E-state index >= 15 is 0 Å². The highest BCUT2D eigenvalue weighted by atomic mass is 32.1. The van der Waals surface area contributed by atoms with E-state index in [-0.39, 0.29) is 23.7 Å². The van der Waals surface area contributed by atoms with E-state index in [2.05, 4.69) is 25.0 Å². The Bertz CT molecular complexity index is 1120. The summed E-state index contributed by atoms with van der Waals surface area (Å²) in [6.07, 6.45) is -5.05. The number of nitrogens with zero attached hydrogens (tertiary/aromatic N) is 2. The number of hydrogen-bond donors (Lipinski definition) is 2. The number of carbonyl (C=O) groups excluding carboxylic acids is 1. The Hall–Kier alpha value is -3.32. The number of thiazole rings is 1. The highest BCUT2D eigenvalue weighted by molar-refractivity contribution is 7.07. The summed E-state index contributed by atoms with van der Waals surface area (Å²) in [4.78, 5) is 35.1. The highest BCUT2D eigenvalue weighted by Crippen LogP contribution is 2.28. The molecule has 2 heterocycles. The summed E-state index contributed by atoms with van der Waals surface area (Å²) in [6.45, 7) is -0.132. The second-order valence-corrected chi connectivity index (χ2v) is 6.79. The van der Waals surface area contributed by atoms with Crippen LogP contribution in [0.2, 0.25) is 0 Å². The molecule has 0 aliphatic carbocycles. The second kappa shape index (κ2) is 9.22. The first-order valence-corrected chi connectivity index (χ1v) is 9.45. The van der Waals surface area contributed by atoms with Crippen molar-refractivity contribution >= 4 is 17.2 Å². The van der Waals surface area contributed by atoms with Gasteiger partial charge in [-0.2, -0.15) is 0 Å². The Morgan fingerprint density at radius 2 is 2.10 bits per heavy atom. The predicted molar refractivity (Wildman–Crippen MR) is 101 cm³/mol. The van der Waals surface area contributed by atoms with Crippen LogP contribution in [0.1, 0.15) is 22.1 Å². The van der Waals surface area contributed by atoms with E-state index in [4.69, 9.17) is 4.74 Å². The summed E-state index contributed by atoms with van der Waals surface area (Å²) in [5, 5.41) is 4.14. The maximum atomic E-state index is 14.1. The normalized spacial score (nSPS) is 12.4. The third-order valence-corrected chi connectivity index (χ3v) is 4.46. The number of ether oxygens (including phenoxy) is 2. The molecule has 0 bridgehead atoms. The Kier molecular flexibility index (Phi) is 6.65. The average molecular weight is 458 g/mol. The number of rotatable bonds is 7. The van der Waals surface area contributed by atoms with Crippen LogP contribution < -0.4 is 15.6 Å². The van der Waals surface area contributed by atoms with Gasteiger partial charge in [0.2, 0.25) is 0 Å². The molecule has 0 fully saturated rings. The standard InChI is InChI=1S/C18H14F4N4O4S/c1-29-6-12(9-2-3-14(10(19)4-9)30-18(20,21)22)25-17(28)11-5-15(27)26-16(24-11)13-7-31-8-23-13/h2-5,7-8,12H,6H2,1H3,(H,25,28)(H,24,26,27)/t12-/m1/s1. The first-order chi connectivity index (χ1) is 14.7. The van der Waals surface area contributed by atoms with E-state index in [1.54, 1.807) is 5.38 Å². The molecule has 0 saturated carbocycles. The van der Waals surface area contributed by atoms with Crippen LogP contribution in [0, 0.1) is 5.82 Å². The van der Waals surface area contributed by atoms with E-state index in [1.165, 1.54) is 24.0 Å². The predicted octanol–water partition coefficient (Wildman–Crippen LogP) is 3.05. The van der Waals surface area contributed by atoms with Gasteiger partial charge in [0.25, 0.3) is 11.5 Å². The lowest BCUT2D eigenvalue weighted by atomic mass is 10.1. The summed E-state index contributed by atoms with van der Waals surface area (Å²) in [5.74, 6) is -2.98. The van der Waals surface area contributed by atoms with E-state index in [0.29, 0.717) is 5.69 Å². The smallest absolute Gasteiger partial charge is 0.403 e. The molecule has 1 atom stereocenters. The number of benzene rings is 1. The molecule has 3 aromatic rings. The Morgan fingerprint density at radius 1 is 1.32 bits per heavy atom. The number of aromatic amines is 1. The van der Waals surface area contributed by atoms with Crippen LogP contribution in [0.4, 0.5) is 17.6 Å². The highest BCUT2D eigenvalue weighted by Gasteiger charge is 2.32. The Balaban J connectivity index is 1.84. The Labute approximate surface area is 175 Å². The van der Waals surface area contributed by atoms with Gasteiger partial charge in [0.1, 0.15) is 11.4 Å². The number of methoxy groups -OCH3 is 1. The number of carbonyl (C=O) groups is 1. The monoisotopic (exact) mass is 458 g/mol. The zero-order chi connectivity index (χ0) is 22.6. The van der Waals surface area contributed by atoms with Crippen molar-refractivity contribution in [3.05, 3.63) is 62.6 Å². The molecular weight excluding hydrogens is 444 g/mol. The van der Waals surface area contributed by atoms with E-state index in [0.717, 1.165) is 24.3 Å². The number of halogens is 4. The molecule has 0 spiro atoms. The van der Waals surface area contributed by atoms with Crippen molar-refractivity contribution in [3.63, 3.8) is 0 Å². The maximum Gasteiger partial charge on any atom is 0.573 e. The molecule has 13 heteroatoms. The lowest BCUT2D eigenvalue weighted by Gasteiger charge is -2.19. The molecule has 31 heavy (non-hydrogen) atoms. The Morgan fingerprint density at radius 3 is 2.71 bits per heavy atom. The van der Waals surface area contributed by atoms with Crippen LogP contribution in [0.15, 0.2) is 40.0 Å². The summed E-state index contributed by atoms with van der Waals surface area (Å²) < 4.78 is 59.6.